The van der Waals surface area contributed by atoms with Crippen molar-refractivity contribution < 1.29 is 5.11 Å². The van der Waals surface area contributed by atoms with E-state index in [9.17, 15) is 5.11 Å². The van der Waals surface area contributed by atoms with Gasteiger partial charge in [0.05, 0.1) is 23.8 Å². The summed E-state index contributed by atoms with van der Waals surface area (Å²) in [5.41, 5.74) is 2.41. The van der Waals surface area contributed by atoms with E-state index in [0.29, 0.717) is 12.8 Å². The lowest BCUT2D eigenvalue weighted by atomic mass is 9.62. The molecule has 2 heterocycles. The Hall–Kier alpha value is -2.05. The summed E-state index contributed by atoms with van der Waals surface area (Å²) in [6.07, 6.45) is 10.3. The molecule has 0 bridgehead atoms. The normalized spacial score (nSPS) is 31.6. The van der Waals surface area contributed by atoms with Gasteiger partial charge in [0.1, 0.15) is 5.60 Å². The maximum atomic E-state index is 10.2. The predicted molar refractivity (Wildman–Crippen MR) is 67.8 cm³/mol. The van der Waals surface area contributed by atoms with Crippen molar-refractivity contribution in [2.45, 2.75) is 24.0 Å². The zero-order valence-electron chi connectivity index (χ0n) is 9.80. The number of aliphatic hydroxyl groups is 1. The minimum Gasteiger partial charge on any atom is -0.377 e. The molecule has 1 aliphatic carbocycles. The van der Waals surface area contributed by atoms with Crippen molar-refractivity contribution in [1.29, 1.82) is 0 Å². The number of hydrogen-bond donors (Lipinski definition) is 1. The van der Waals surface area contributed by atoms with E-state index >= 15 is 0 Å². The van der Waals surface area contributed by atoms with E-state index in [-0.39, 0.29) is 5.54 Å². The summed E-state index contributed by atoms with van der Waals surface area (Å²) in [7, 11) is 0. The molecule has 18 heavy (non-hydrogen) atoms. The Kier molecular flexibility index (Phi) is 1.57. The molecule has 1 aliphatic heterocycles. The smallest absolute Gasteiger partial charge is 0.130 e. The van der Waals surface area contributed by atoms with Crippen molar-refractivity contribution in [3.8, 4) is 23.6 Å². The SMILES string of the molecule is C#CC1(O)CC2(C1)c1ccccc1-c1cncn12. The molecule has 0 radical (unpaired) electrons. The summed E-state index contributed by atoms with van der Waals surface area (Å²) in [5, 5.41) is 10.2. The maximum Gasteiger partial charge on any atom is 0.130 e. The molecule has 0 saturated heterocycles. The molecule has 1 spiro atoms. The summed E-state index contributed by atoms with van der Waals surface area (Å²) in [4.78, 5) is 4.22. The van der Waals surface area contributed by atoms with Crippen LogP contribution < -0.4 is 0 Å². The number of terminal acetylenes is 1. The molecule has 0 unspecified atom stereocenters. The van der Waals surface area contributed by atoms with Gasteiger partial charge in [-0.05, 0) is 5.56 Å². The number of imidazole rings is 1. The standard InChI is InChI=1S/C15H12N2O/c1-2-14(18)8-15(9-14)12-6-4-3-5-11(12)13-7-16-10-17(13)15/h1,3-7,10,18H,8-9H2. The molecule has 3 nitrogen and oxygen atoms in total. The van der Waals surface area contributed by atoms with Gasteiger partial charge >= 0.3 is 0 Å². The highest BCUT2D eigenvalue weighted by molar-refractivity contribution is 5.72. The molecular weight excluding hydrogens is 224 g/mol. The van der Waals surface area contributed by atoms with Gasteiger partial charge in [-0.25, -0.2) is 4.98 Å². The summed E-state index contributed by atoms with van der Waals surface area (Å²) >= 11 is 0. The minimum absolute atomic E-state index is 0.191. The Balaban J connectivity index is 1.95. The lowest BCUT2D eigenvalue weighted by Gasteiger charge is -2.50. The number of aromatic nitrogens is 2. The Bertz CT molecular complexity index is 687. The highest BCUT2D eigenvalue weighted by Gasteiger charge is 2.58. The summed E-state index contributed by atoms with van der Waals surface area (Å²) < 4.78 is 2.16. The molecule has 3 heteroatoms. The fourth-order valence-electron chi connectivity index (χ4n) is 3.46. The van der Waals surface area contributed by atoms with Crippen LogP contribution in [0.1, 0.15) is 18.4 Å². The van der Waals surface area contributed by atoms with Gasteiger partial charge in [0.15, 0.2) is 0 Å². The van der Waals surface area contributed by atoms with Crippen molar-refractivity contribution in [1.82, 2.24) is 9.55 Å². The van der Waals surface area contributed by atoms with Crippen LogP contribution in [-0.4, -0.2) is 20.3 Å². The van der Waals surface area contributed by atoms with Crippen molar-refractivity contribution in [2.24, 2.45) is 0 Å². The largest absolute Gasteiger partial charge is 0.377 e. The molecule has 0 atom stereocenters. The number of hydrogen-bond acceptors (Lipinski definition) is 2. The molecule has 1 N–H and O–H groups in total. The summed E-state index contributed by atoms with van der Waals surface area (Å²) in [6, 6.07) is 8.29. The lowest BCUT2D eigenvalue weighted by Crippen LogP contribution is -2.56. The average molecular weight is 236 g/mol. The first-order valence-electron chi connectivity index (χ1n) is 6.01. The van der Waals surface area contributed by atoms with E-state index in [1.807, 2.05) is 24.7 Å². The Labute approximate surface area is 105 Å². The first-order valence-corrected chi connectivity index (χ1v) is 6.01. The molecule has 1 aromatic carbocycles. The van der Waals surface area contributed by atoms with E-state index in [0.717, 1.165) is 5.69 Å². The Morgan fingerprint density at radius 2 is 2.11 bits per heavy atom. The van der Waals surface area contributed by atoms with E-state index in [4.69, 9.17) is 6.42 Å². The number of nitrogens with zero attached hydrogens (tertiary/aromatic N) is 2. The van der Waals surface area contributed by atoms with Crippen LogP contribution in [0.4, 0.5) is 0 Å². The second-order valence-electron chi connectivity index (χ2n) is 5.26. The van der Waals surface area contributed by atoms with Crippen molar-refractivity contribution in [3.05, 3.63) is 42.4 Å². The fraction of sp³-hybridized carbons (Fsp3) is 0.267. The summed E-state index contributed by atoms with van der Waals surface area (Å²) in [5.74, 6) is 2.50. The summed E-state index contributed by atoms with van der Waals surface area (Å²) in [6.45, 7) is 0. The highest BCUT2D eigenvalue weighted by Crippen LogP contribution is 2.57. The fourth-order valence-corrected chi connectivity index (χ4v) is 3.46. The van der Waals surface area contributed by atoms with E-state index in [1.54, 1.807) is 0 Å². The van der Waals surface area contributed by atoms with Crippen molar-refractivity contribution >= 4 is 0 Å². The van der Waals surface area contributed by atoms with Crippen LogP contribution in [0.3, 0.4) is 0 Å². The number of fused-ring (bicyclic) bond motifs is 5. The molecule has 0 amide bonds. The van der Waals surface area contributed by atoms with Crippen LogP contribution in [0.5, 0.6) is 0 Å². The average Bonchev–Trinajstić information content (AvgIpc) is 2.91. The molecule has 2 aromatic rings. The maximum absolute atomic E-state index is 10.2. The molecule has 2 aliphatic rings. The third kappa shape index (κ3) is 0.938. The molecule has 1 aromatic heterocycles. The minimum atomic E-state index is -0.973. The number of rotatable bonds is 0. The monoisotopic (exact) mass is 236 g/mol. The van der Waals surface area contributed by atoms with Gasteiger partial charge in [0.25, 0.3) is 0 Å². The van der Waals surface area contributed by atoms with Crippen molar-refractivity contribution in [2.75, 3.05) is 0 Å². The molecule has 1 fully saturated rings. The van der Waals surface area contributed by atoms with Crippen LogP contribution in [0.25, 0.3) is 11.3 Å². The van der Waals surface area contributed by atoms with Gasteiger partial charge in [0.2, 0.25) is 0 Å². The first kappa shape index (κ1) is 9.93. The third-order valence-electron chi connectivity index (χ3n) is 4.24. The molecule has 1 saturated carbocycles. The number of benzene rings is 1. The topological polar surface area (TPSA) is 38.1 Å². The van der Waals surface area contributed by atoms with Gasteiger partial charge < -0.3 is 9.67 Å². The lowest BCUT2D eigenvalue weighted by molar-refractivity contribution is -0.0527. The Morgan fingerprint density at radius 1 is 1.33 bits per heavy atom. The van der Waals surface area contributed by atoms with Crippen LogP contribution in [0, 0.1) is 12.3 Å². The zero-order chi connectivity index (χ0) is 12.4. The molecule has 4 rings (SSSR count). The second kappa shape index (κ2) is 2.85. The van der Waals surface area contributed by atoms with Gasteiger partial charge in [-0.2, -0.15) is 0 Å². The van der Waals surface area contributed by atoms with Gasteiger partial charge in [-0.15, -0.1) is 6.42 Å². The van der Waals surface area contributed by atoms with E-state index in [1.165, 1.54) is 11.1 Å². The Morgan fingerprint density at radius 3 is 2.89 bits per heavy atom. The van der Waals surface area contributed by atoms with Gasteiger partial charge in [-0.1, -0.05) is 30.2 Å². The van der Waals surface area contributed by atoms with Gasteiger partial charge in [0, 0.05) is 18.4 Å². The highest BCUT2D eigenvalue weighted by atomic mass is 16.3. The van der Waals surface area contributed by atoms with Crippen molar-refractivity contribution in [3.63, 3.8) is 0 Å². The third-order valence-corrected chi connectivity index (χ3v) is 4.24. The first-order chi connectivity index (χ1) is 8.69. The van der Waals surface area contributed by atoms with Crippen LogP contribution >= 0.6 is 0 Å². The van der Waals surface area contributed by atoms with Crippen LogP contribution in [0.2, 0.25) is 0 Å². The van der Waals surface area contributed by atoms with E-state index in [2.05, 4.69) is 27.6 Å². The quantitative estimate of drug-likeness (QED) is 0.708. The zero-order valence-corrected chi connectivity index (χ0v) is 9.80. The second-order valence-corrected chi connectivity index (χ2v) is 5.26. The van der Waals surface area contributed by atoms with Gasteiger partial charge in [-0.3, -0.25) is 0 Å². The van der Waals surface area contributed by atoms with Crippen LogP contribution in [-0.2, 0) is 5.54 Å². The van der Waals surface area contributed by atoms with Crippen LogP contribution in [0.15, 0.2) is 36.8 Å². The molecule has 88 valence electrons. The predicted octanol–water partition coefficient (Wildman–Crippen LogP) is 1.77. The van der Waals surface area contributed by atoms with E-state index < -0.39 is 5.60 Å². The molecular formula is C15H12N2O.